The lowest BCUT2D eigenvalue weighted by Crippen LogP contribution is -1.99. The summed E-state index contributed by atoms with van der Waals surface area (Å²) in [6.45, 7) is 10.2. The molecule has 0 aromatic rings. The fourth-order valence-electron chi connectivity index (χ4n) is 2.83. The predicted molar refractivity (Wildman–Crippen MR) is 89.1 cm³/mol. The van der Waals surface area contributed by atoms with Gasteiger partial charge >= 0.3 is 0 Å². The predicted octanol–water partition coefficient (Wildman–Crippen LogP) is 7.14. The van der Waals surface area contributed by atoms with Gasteiger partial charge in [0.05, 0.1) is 0 Å². The first-order valence-corrected chi connectivity index (χ1v) is 8.93. The minimum Gasteiger partial charge on any atom is -0.0651 e. The molecule has 0 aliphatic heterocycles. The Bertz CT molecular complexity index is 134. The average Bonchev–Trinajstić information content (AvgIpc) is 2.44. The molecule has 0 aliphatic carbocycles. The lowest BCUT2D eigenvalue weighted by molar-refractivity contribution is 0.393. The van der Waals surface area contributed by atoms with Crippen molar-refractivity contribution < 1.29 is 0 Å². The van der Waals surface area contributed by atoms with Crippen LogP contribution >= 0.6 is 0 Å². The quantitative estimate of drug-likeness (QED) is 0.276. The van der Waals surface area contributed by atoms with E-state index in [9.17, 15) is 0 Å². The smallest absolute Gasteiger partial charge is 0.0417 e. The topological polar surface area (TPSA) is 0 Å². The maximum atomic E-state index is 3.90. The molecule has 0 bridgehead atoms. The molecule has 0 saturated heterocycles. The molecule has 0 saturated carbocycles. The molecular formula is C19H38. The molecule has 19 heavy (non-hydrogen) atoms. The van der Waals surface area contributed by atoms with Crippen molar-refractivity contribution in [2.75, 3.05) is 0 Å². The fourth-order valence-corrected chi connectivity index (χ4v) is 2.83. The molecule has 0 aromatic heterocycles. The molecular weight excluding hydrogens is 228 g/mol. The van der Waals surface area contributed by atoms with Crippen LogP contribution in [0.25, 0.3) is 0 Å². The van der Waals surface area contributed by atoms with E-state index in [1.54, 1.807) is 0 Å². The SMILES string of the molecule is [CH2]CCCCCCCC(CC)CCCCCCC[CH2]. The first-order valence-electron chi connectivity index (χ1n) is 8.93. The second-order valence-electron chi connectivity index (χ2n) is 6.09. The average molecular weight is 267 g/mol. The number of hydrogen-bond donors (Lipinski definition) is 0. The van der Waals surface area contributed by atoms with Crippen molar-refractivity contribution in [2.45, 2.75) is 103 Å². The third-order valence-electron chi connectivity index (χ3n) is 4.30. The molecule has 0 nitrogen and oxygen atoms in total. The minimum absolute atomic E-state index is 1.00. The monoisotopic (exact) mass is 266 g/mol. The van der Waals surface area contributed by atoms with Crippen LogP contribution in [0, 0.1) is 19.8 Å². The van der Waals surface area contributed by atoms with Gasteiger partial charge in [-0.25, -0.2) is 0 Å². The highest BCUT2D eigenvalue weighted by atomic mass is 14.1. The van der Waals surface area contributed by atoms with Gasteiger partial charge in [-0.05, 0) is 5.92 Å². The summed E-state index contributed by atoms with van der Waals surface area (Å²) >= 11 is 0. The number of rotatable bonds is 15. The van der Waals surface area contributed by atoms with Gasteiger partial charge in [-0.15, -0.1) is 0 Å². The van der Waals surface area contributed by atoms with Crippen LogP contribution in [-0.4, -0.2) is 0 Å². The van der Waals surface area contributed by atoms with Crippen molar-refractivity contribution in [1.82, 2.24) is 0 Å². The van der Waals surface area contributed by atoms with Crippen LogP contribution in [0.3, 0.4) is 0 Å². The van der Waals surface area contributed by atoms with Crippen molar-refractivity contribution in [3.63, 3.8) is 0 Å². The molecule has 0 N–H and O–H groups in total. The molecule has 0 rings (SSSR count). The van der Waals surface area contributed by atoms with E-state index in [4.69, 9.17) is 0 Å². The molecule has 2 radical (unpaired) electrons. The highest BCUT2D eigenvalue weighted by molar-refractivity contribution is 4.59. The van der Waals surface area contributed by atoms with Crippen molar-refractivity contribution >= 4 is 0 Å². The summed E-state index contributed by atoms with van der Waals surface area (Å²) in [4.78, 5) is 0. The summed E-state index contributed by atoms with van der Waals surface area (Å²) in [5.41, 5.74) is 0. The van der Waals surface area contributed by atoms with Crippen molar-refractivity contribution in [3.05, 3.63) is 13.8 Å². The lowest BCUT2D eigenvalue weighted by atomic mass is 9.92. The van der Waals surface area contributed by atoms with Crippen LogP contribution in [0.1, 0.15) is 103 Å². The van der Waals surface area contributed by atoms with Gasteiger partial charge in [0, 0.05) is 0 Å². The van der Waals surface area contributed by atoms with Gasteiger partial charge in [0.2, 0.25) is 0 Å². The Morgan fingerprint density at radius 3 is 1.32 bits per heavy atom. The minimum atomic E-state index is 1.00. The van der Waals surface area contributed by atoms with Crippen LogP contribution < -0.4 is 0 Å². The first kappa shape index (κ1) is 19.0. The molecule has 0 spiro atoms. The Labute approximate surface area is 123 Å². The molecule has 0 unspecified atom stereocenters. The zero-order valence-electron chi connectivity index (χ0n) is 13.6. The van der Waals surface area contributed by atoms with E-state index in [2.05, 4.69) is 20.8 Å². The highest BCUT2D eigenvalue weighted by Crippen LogP contribution is 2.21. The number of unbranched alkanes of at least 4 members (excludes halogenated alkanes) is 10. The van der Waals surface area contributed by atoms with Crippen LogP contribution in [0.5, 0.6) is 0 Å². The highest BCUT2D eigenvalue weighted by Gasteiger charge is 2.05. The van der Waals surface area contributed by atoms with Crippen LogP contribution in [0.2, 0.25) is 0 Å². The molecule has 0 atom stereocenters. The van der Waals surface area contributed by atoms with Crippen LogP contribution in [0.4, 0.5) is 0 Å². The normalized spacial score (nSPS) is 11.4. The Morgan fingerprint density at radius 2 is 0.947 bits per heavy atom. The summed E-state index contributed by atoms with van der Waals surface area (Å²) in [5, 5.41) is 0. The molecule has 0 amide bonds. The molecule has 0 aromatic carbocycles. The lowest BCUT2D eigenvalue weighted by Gasteiger charge is -2.14. The molecule has 114 valence electrons. The van der Waals surface area contributed by atoms with E-state index in [0.29, 0.717) is 0 Å². The van der Waals surface area contributed by atoms with E-state index in [1.807, 2.05) is 0 Å². The van der Waals surface area contributed by atoms with Gasteiger partial charge in [-0.2, -0.15) is 0 Å². The Hall–Kier alpha value is 0. The summed E-state index contributed by atoms with van der Waals surface area (Å²) < 4.78 is 0. The second-order valence-corrected chi connectivity index (χ2v) is 6.09. The third kappa shape index (κ3) is 14.2. The van der Waals surface area contributed by atoms with Crippen molar-refractivity contribution in [2.24, 2.45) is 5.92 Å². The third-order valence-corrected chi connectivity index (χ3v) is 4.30. The first-order chi connectivity index (χ1) is 9.35. The maximum Gasteiger partial charge on any atom is -0.0417 e. The van der Waals surface area contributed by atoms with Gasteiger partial charge in [0.15, 0.2) is 0 Å². The summed E-state index contributed by atoms with van der Waals surface area (Å²) in [6, 6.07) is 0. The van der Waals surface area contributed by atoms with E-state index < -0.39 is 0 Å². The maximum absolute atomic E-state index is 3.90. The van der Waals surface area contributed by atoms with Crippen LogP contribution in [0.15, 0.2) is 0 Å². The molecule has 0 aliphatic rings. The second kappa shape index (κ2) is 16.1. The van der Waals surface area contributed by atoms with E-state index in [0.717, 1.165) is 18.8 Å². The van der Waals surface area contributed by atoms with Gasteiger partial charge in [0.1, 0.15) is 0 Å². The Kier molecular flexibility index (Phi) is 16.1. The molecule has 0 heteroatoms. The van der Waals surface area contributed by atoms with Gasteiger partial charge in [0.25, 0.3) is 0 Å². The standard InChI is InChI=1S/C19H38/c1-4-7-9-11-13-15-17-19(6-3)18-16-14-12-10-8-5-2/h19H,1-2,4-18H2,3H3. The van der Waals surface area contributed by atoms with Gasteiger partial charge < -0.3 is 0 Å². The zero-order chi connectivity index (χ0) is 14.2. The fraction of sp³-hybridized carbons (Fsp3) is 0.895. The van der Waals surface area contributed by atoms with E-state index in [1.165, 1.54) is 83.5 Å². The Morgan fingerprint density at radius 1 is 0.579 bits per heavy atom. The van der Waals surface area contributed by atoms with E-state index in [-0.39, 0.29) is 0 Å². The van der Waals surface area contributed by atoms with Gasteiger partial charge in [-0.1, -0.05) is 117 Å². The summed E-state index contributed by atoms with van der Waals surface area (Å²) in [5.74, 6) is 1.00. The summed E-state index contributed by atoms with van der Waals surface area (Å²) in [7, 11) is 0. The Balaban J connectivity index is 3.30. The zero-order valence-corrected chi connectivity index (χ0v) is 13.6. The van der Waals surface area contributed by atoms with Crippen molar-refractivity contribution in [1.29, 1.82) is 0 Å². The van der Waals surface area contributed by atoms with Crippen molar-refractivity contribution in [3.8, 4) is 0 Å². The van der Waals surface area contributed by atoms with Gasteiger partial charge in [-0.3, -0.25) is 0 Å². The molecule has 0 heterocycles. The number of hydrogen-bond acceptors (Lipinski definition) is 0. The van der Waals surface area contributed by atoms with E-state index >= 15 is 0 Å². The largest absolute Gasteiger partial charge is 0.0651 e. The summed E-state index contributed by atoms with van der Waals surface area (Å²) in [6.07, 6.45) is 20.7. The van der Waals surface area contributed by atoms with Crippen LogP contribution in [-0.2, 0) is 0 Å². The molecule has 0 fully saturated rings.